The van der Waals surface area contributed by atoms with E-state index in [0.29, 0.717) is 11.4 Å². The van der Waals surface area contributed by atoms with Crippen molar-refractivity contribution in [3.63, 3.8) is 0 Å². The van der Waals surface area contributed by atoms with E-state index in [1.165, 1.54) is 7.11 Å². The zero-order valence-electron chi connectivity index (χ0n) is 10.1. The van der Waals surface area contributed by atoms with Gasteiger partial charge in [0.1, 0.15) is 5.82 Å². The Balaban J connectivity index is 2.85. The van der Waals surface area contributed by atoms with E-state index in [-0.39, 0.29) is 18.2 Å². The molecule has 8 heteroatoms. The molecule has 0 aliphatic heterocycles. The molecule has 1 rings (SSSR count). The van der Waals surface area contributed by atoms with E-state index in [4.69, 9.17) is 4.74 Å². The van der Waals surface area contributed by atoms with E-state index in [1.54, 1.807) is 0 Å². The molecule has 1 amide bonds. The molecule has 0 bridgehead atoms. The predicted molar refractivity (Wildman–Crippen MR) is 70.0 cm³/mol. The molecule has 1 N–H and O–H groups in total. The second-order valence-electron chi connectivity index (χ2n) is 3.70. The number of amides is 1. The van der Waals surface area contributed by atoms with Gasteiger partial charge in [0.2, 0.25) is 0 Å². The number of nitro benzene ring substituents is 1. The van der Waals surface area contributed by atoms with Crippen molar-refractivity contribution in [1.82, 2.24) is 5.32 Å². The maximum absolute atomic E-state index is 13.6. The molecule has 0 fully saturated rings. The van der Waals surface area contributed by atoms with Crippen LogP contribution in [0.5, 0.6) is 0 Å². The standard InChI is InChI=1S/C11H12BrFN2O4/c1-19-6-7(5-12)14-11(16)9-3-2-8(15(17)18)4-10(9)13/h2-4,7H,5-6H2,1H3,(H,14,16). The molecule has 0 heterocycles. The lowest BCUT2D eigenvalue weighted by atomic mass is 10.1. The first kappa shape index (κ1) is 15.5. The van der Waals surface area contributed by atoms with Gasteiger partial charge in [-0.15, -0.1) is 0 Å². The molecule has 1 unspecified atom stereocenters. The lowest BCUT2D eigenvalue weighted by Gasteiger charge is -2.15. The molecule has 104 valence electrons. The number of carbonyl (C=O) groups is 1. The summed E-state index contributed by atoms with van der Waals surface area (Å²) in [6, 6.07) is 2.57. The van der Waals surface area contributed by atoms with Gasteiger partial charge in [-0.05, 0) is 6.07 Å². The Bertz CT molecular complexity index is 484. The number of methoxy groups -OCH3 is 1. The average Bonchev–Trinajstić information content (AvgIpc) is 2.37. The third kappa shape index (κ3) is 4.25. The number of hydrogen-bond acceptors (Lipinski definition) is 4. The molecule has 0 saturated heterocycles. The molecule has 0 spiro atoms. The Morgan fingerprint density at radius 2 is 2.32 bits per heavy atom. The minimum Gasteiger partial charge on any atom is -0.383 e. The lowest BCUT2D eigenvalue weighted by Crippen LogP contribution is -2.39. The second kappa shape index (κ2) is 7.15. The minimum absolute atomic E-state index is 0.243. The molecule has 0 aliphatic carbocycles. The summed E-state index contributed by atoms with van der Waals surface area (Å²) in [6.07, 6.45) is 0. The highest BCUT2D eigenvalue weighted by atomic mass is 79.9. The van der Waals surface area contributed by atoms with Gasteiger partial charge in [0.05, 0.1) is 29.2 Å². The van der Waals surface area contributed by atoms with Crippen LogP contribution in [0, 0.1) is 15.9 Å². The van der Waals surface area contributed by atoms with Crippen molar-refractivity contribution in [3.05, 3.63) is 39.7 Å². The molecule has 0 aliphatic rings. The topological polar surface area (TPSA) is 81.5 Å². The summed E-state index contributed by atoms with van der Waals surface area (Å²) in [5.74, 6) is -1.58. The van der Waals surface area contributed by atoms with Crippen LogP contribution in [0.25, 0.3) is 0 Å². The molecule has 1 aromatic carbocycles. The largest absolute Gasteiger partial charge is 0.383 e. The molecular formula is C11H12BrFN2O4. The third-order valence-electron chi connectivity index (χ3n) is 2.30. The SMILES string of the molecule is COCC(CBr)NC(=O)c1ccc([N+](=O)[O-])cc1F. The van der Waals surface area contributed by atoms with Gasteiger partial charge in [-0.3, -0.25) is 14.9 Å². The number of alkyl halides is 1. The van der Waals surface area contributed by atoms with Crippen molar-refractivity contribution >= 4 is 27.5 Å². The molecule has 19 heavy (non-hydrogen) atoms. The van der Waals surface area contributed by atoms with Crippen molar-refractivity contribution in [2.45, 2.75) is 6.04 Å². The Morgan fingerprint density at radius 3 is 2.79 bits per heavy atom. The number of hydrogen-bond donors (Lipinski definition) is 1. The van der Waals surface area contributed by atoms with Gasteiger partial charge in [-0.2, -0.15) is 0 Å². The van der Waals surface area contributed by atoms with Gasteiger partial charge in [-0.1, -0.05) is 15.9 Å². The zero-order valence-corrected chi connectivity index (χ0v) is 11.6. The van der Waals surface area contributed by atoms with Gasteiger partial charge in [0.15, 0.2) is 0 Å². The smallest absolute Gasteiger partial charge is 0.272 e. The van der Waals surface area contributed by atoms with Crippen LogP contribution in [0.2, 0.25) is 0 Å². The molecule has 1 aromatic rings. The number of nitrogens with one attached hydrogen (secondary N) is 1. The highest BCUT2D eigenvalue weighted by Crippen LogP contribution is 2.16. The van der Waals surface area contributed by atoms with Gasteiger partial charge in [0.25, 0.3) is 11.6 Å². The number of nitrogens with zero attached hydrogens (tertiary/aromatic N) is 1. The van der Waals surface area contributed by atoms with Gasteiger partial charge in [0, 0.05) is 18.5 Å². The molecular weight excluding hydrogens is 323 g/mol. The molecule has 6 nitrogen and oxygen atoms in total. The van der Waals surface area contributed by atoms with Gasteiger partial charge in [-0.25, -0.2) is 4.39 Å². The Hall–Kier alpha value is -1.54. The number of halogens is 2. The van der Waals surface area contributed by atoms with Crippen LogP contribution in [-0.4, -0.2) is 35.9 Å². The molecule has 0 aromatic heterocycles. The Kier molecular flexibility index (Phi) is 5.84. The Labute approximate surface area is 117 Å². The Morgan fingerprint density at radius 1 is 1.63 bits per heavy atom. The number of ether oxygens (including phenoxy) is 1. The number of benzene rings is 1. The zero-order chi connectivity index (χ0) is 14.4. The van der Waals surface area contributed by atoms with E-state index < -0.39 is 22.3 Å². The summed E-state index contributed by atoms with van der Waals surface area (Å²) >= 11 is 3.19. The highest BCUT2D eigenvalue weighted by Gasteiger charge is 2.18. The van der Waals surface area contributed by atoms with Crippen molar-refractivity contribution in [2.24, 2.45) is 0 Å². The first-order chi connectivity index (χ1) is 8.99. The van der Waals surface area contributed by atoms with Crippen LogP contribution in [0.4, 0.5) is 10.1 Å². The highest BCUT2D eigenvalue weighted by molar-refractivity contribution is 9.09. The average molecular weight is 335 g/mol. The summed E-state index contributed by atoms with van der Waals surface area (Å²) in [5, 5.41) is 13.5. The van der Waals surface area contributed by atoms with Crippen molar-refractivity contribution < 1.29 is 18.8 Å². The van der Waals surface area contributed by atoms with E-state index in [1.807, 2.05) is 0 Å². The third-order valence-corrected chi connectivity index (χ3v) is 3.08. The first-order valence-electron chi connectivity index (χ1n) is 5.29. The summed E-state index contributed by atoms with van der Waals surface area (Å²) in [6.45, 7) is 0.269. The second-order valence-corrected chi connectivity index (χ2v) is 4.35. The fourth-order valence-corrected chi connectivity index (χ4v) is 1.74. The predicted octanol–water partition coefficient (Wildman–Crippen LogP) is 1.87. The maximum Gasteiger partial charge on any atom is 0.272 e. The van der Waals surface area contributed by atoms with Crippen LogP contribution < -0.4 is 5.32 Å². The first-order valence-corrected chi connectivity index (χ1v) is 6.41. The lowest BCUT2D eigenvalue weighted by molar-refractivity contribution is -0.385. The van der Waals surface area contributed by atoms with E-state index in [9.17, 15) is 19.3 Å². The van der Waals surface area contributed by atoms with Crippen LogP contribution >= 0.6 is 15.9 Å². The number of nitro groups is 1. The van der Waals surface area contributed by atoms with Crippen LogP contribution in [0.3, 0.4) is 0 Å². The number of non-ortho nitro benzene ring substituents is 1. The fraction of sp³-hybridized carbons (Fsp3) is 0.364. The van der Waals surface area contributed by atoms with E-state index in [2.05, 4.69) is 21.2 Å². The summed E-state index contributed by atoms with van der Waals surface area (Å²) in [4.78, 5) is 21.5. The normalized spacial score (nSPS) is 11.9. The molecule has 0 saturated carbocycles. The molecule has 0 radical (unpaired) electrons. The minimum atomic E-state index is -0.933. The van der Waals surface area contributed by atoms with E-state index >= 15 is 0 Å². The number of carbonyl (C=O) groups excluding carboxylic acids is 1. The maximum atomic E-state index is 13.6. The quantitative estimate of drug-likeness (QED) is 0.489. The van der Waals surface area contributed by atoms with Crippen LogP contribution in [-0.2, 0) is 4.74 Å². The van der Waals surface area contributed by atoms with Crippen LogP contribution in [0.15, 0.2) is 18.2 Å². The summed E-state index contributed by atoms with van der Waals surface area (Å²) in [7, 11) is 1.48. The fourth-order valence-electron chi connectivity index (χ4n) is 1.39. The van der Waals surface area contributed by atoms with Gasteiger partial charge < -0.3 is 10.1 Å². The van der Waals surface area contributed by atoms with Crippen molar-refractivity contribution in [3.8, 4) is 0 Å². The summed E-state index contributed by atoms with van der Waals surface area (Å²) in [5.41, 5.74) is -0.643. The molecule has 1 atom stereocenters. The monoisotopic (exact) mass is 334 g/mol. The van der Waals surface area contributed by atoms with Crippen molar-refractivity contribution in [1.29, 1.82) is 0 Å². The number of rotatable bonds is 6. The van der Waals surface area contributed by atoms with Crippen molar-refractivity contribution in [2.75, 3.05) is 19.0 Å². The van der Waals surface area contributed by atoms with Crippen LogP contribution in [0.1, 0.15) is 10.4 Å². The van der Waals surface area contributed by atoms with E-state index in [0.717, 1.165) is 12.1 Å². The summed E-state index contributed by atoms with van der Waals surface area (Å²) < 4.78 is 18.5. The van der Waals surface area contributed by atoms with Gasteiger partial charge >= 0.3 is 0 Å².